The fourth-order valence-electron chi connectivity index (χ4n) is 2.10. The second kappa shape index (κ2) is 5.67. The van der Waals surface area contributed by atoms with Crippen molar-refractivity contribution in [3.63, 3.8) is 0 Å². The lowest BCUT2D eigenvalue weighted by Crippen LogP contribution is -2.28. The molecule has 8 heteroatoms. The Balaban J connectivity index is 2.58. The molecule has 0 aromatic carbocycles. The molecule has 2 aromatic rings. The molecule has 21 heavy (non-hydrogen) atoms. The number of alkyl halides is 3. The second-order valence-electron chi connectivity index (χ2n) is 4.50. The van der Waals surface area contributed by atoms with Crippen LogP contribution in [0.15, 0.2) is 27.5 Å². The first-order valence-corrected chi connectivity index (χ1v) is 7.03. The van der Waals surface area contributed by atoms with E-state index in [-0.39, 0.29) is 6.54 Å². The zero-order valence-corrected chi connectivity index (χ0v) is 13.0. The Bertz CT molecular complexity index is 718. The number of aryl methyl sites for hydroxylation is 2. The maximum absolute atomic E-state index is 13.0. The molecule has 0 unspecified atom stereocenters. The molecule has 0 bridgehead atoms. The van der Waals surface area contributed by atoms with Crippen molar-refractivity contribution in [3.8, 4) is 0 Å². The van der Waals surface area contributed by atoms with Gasteiger partial charge in [0.25, 0.3) is 5.56 Å². The van der Waals surface area contributed by atoms with Crippen LogP contribution in [0, 0.1) is 6.92 Å². The van der Waals surface area contributed by atoms with Gasteiger partial charge in [-0.3, -0.25) is 14.0 Å². The summed E-state index contributed by atoms with van der Waals surface area (Å²) in [7, 11) is 0. The summed E-state index contributed by atoms with van der Waals surface area (Å²) in [5, 5.41) is 4.22. The van der Waals surface area contributed by atoms with Gasteiger partial charge in [0.05, 0.1) is 22.4 Å². The SMILES string of the molecule is CCn1nc(C)c(Br)c1Cn1c(C(F)(F)F)cccc1=O. The van der Waals surface area contributed by atoms with E-state index in [9.17, 15) is 18.0 Å². The van der Waals surface area contributed by atoms with Crippen LogP contribution in [0.4, 0.5) is 13.2 Å². The Kier molecular flexibility index (Phi) is 4.27. The number of hydrogen-bond acceptors (Lipinski definition) is 2. The largest absolute Gasteiger partial charge is 0.431 e. The summed E-state index contributed by atoms with van der Waals surface area (Å²) in [6.45, 7) is 3.90. The number of halogens is 4. The van der Waals surface area contributed by atoms with Gasteiger partial charge in [-0.05, 0) is 35.8 Å². The van der Waals surface area contributed by atoms with Gasteiger partial charge in [0, 0.05) is 12.6 Å². The third-order valence-electron chi connectivity index (χ3n) is 3.10. The Morgan fingerprint density at radius 2 is 2.00 bits per heavy atom. The van der Waals surface area contributed by atoms with Crippen LogP contribution in [0.1, 0.15) is 24.0 Å². The molecule has 0 radical (unpaired) electrons. The molecule has 0 fully saturated rings. The highest BCUT2D eigenvalue weighted by Gasteiger charge is 2.34. The van der Waals surface area contributed by atoms with Crippen LogP contribution >= 0.6 is 15.9 Å². The molecule has 2 rings (SSSR count). The Morgan fingerprint density at radius 1 is 1.33 bits per heavy atom. The quantitative estimate of drug-likeness (QED) is 0.839. The van der Waals surface area contributed by atoms with Crippen molar-refractivity contribution < 1.29 is 13.2 Å². The normalized spacial score (nSPS) is 11.9. The lowest BCUT2D eigenvalue weighted by Gasteiger charge is -2.15. The van der Waals surface area contributed by atoms with Gasteiger partial charge in [-0.2, -0.15) is 18.3 Å². The van der Waals surface area contributed by atoms with E-state index in [1.807, 2.05) is 6.92 Å². The van der Waals surface area contributed by atoms with E-state index in [1.54, 1.807) is 11.6 Å². The maximum atomic E-state index is 13.0. The van der Waals surface area contributed by atoms with Crippen molar-refractivity contribution in [3.05, 3.63) is 50.1 Å². The number of hydrogen-bond donors (Lipinski definition) is 0. The van der Waals surface area contributed by atoms with Gasteiger partial charge in [0.15, 0.2) is 0 Å². The highest BCUT2D eigenvalue weighted by Crippen LogP contribution is 2.29. The summed E-state index contributed by atoms with van der Waals surface area (Å²) >= 11 is 3.32. The van der Waals surface area contributed by atoms with Crippen molar-refractivity contribution in [2.24, 2.45) is 0 Å². The van der Waals surface area contributed by atoms with E-state index in [0.717, 1.165) is 18.2 Å². The molecule has 0 saturated carbocycles. The molecular formula is C13H13BrF3N3O. The first-order valence-electron chi connectivity index (χ1n) is 6.24. The van der Waals surface area contributed by atoms with Crippen molar-refractivity contribution in [1.29, 1.82) is 0 Å². The van der Waals surface area contributed by atoms with Crippen LogP contribution in [0.3, 0.4) is 0 Å². The molecule has 0 amide bonds. The highest BCUT2D eigenvalue weighted by atomic mass is 79.9. The molecule has 2 aromatic heterocycles. The first-order chi connectivity index (χ1) is 9.75. The molecular weight excluding hydrogens is 351 g/mol. The minimum atomic E-state index is -4.58. The van der Waals surface area contributed by atoms with Crippen molar-refractivity contribution in [2.75, 3.05) is 0 Å². The average Bonchev–Trinajstić information content (AvgIpc) is 2.67. The standard InChI is InChI=1S/C13H13BrF3N3O/c1-3-20-9(12(14)8(2)18-20)7-19-10(13(15,16)17)5-4-6-11(19)21/h4-6H,3,7H2,1-2H3. The van der Waals surface area contributed by atoms with Crippen LogP contribution in [0.5, 0.6) is 0 Å². The number of nitrogens with zero attached hydrogens (tertiary/aromatic N) is 3. The first kappa shape index (κ1) is 15.8. The van der Waals surface area contributed by atoms with Crippen LogP contribution < -0.4 is 5.56 Å². The Morgan fingerprint density at radius 3 is 2.57 bits per heavy atom. The zero-order valence-electron chi connectivity index (χ0n) is 11.4. The number of rotatable bonds is 3. The summed E-state index contributed by atoms with van der Waals surface area (Å²) in [5.41, 5.74) is -0.458. The molecule has 0 N–H and O–H groups in total. The van der Waals surface area contributed by atoms with E-state index < -0.39 is 17.4 Å². The molecule has 2 heterocycles. The summed E-state index contributed by atoms with van der Waals surface area (Å²) in [6.07, 6.45) is -4.58. The van der Waals surface area contributed by atoms with Gasteiger partial charge in [-0.1, -0.05) is 6.07 Å². The molecule has 0 aliphatic carbocycles. The topological polar surface area (TPSA) is 39.8 Å². The van der Waals surface area contributed by atoms with E-state index >= 15 is 0 Å². The van der Waals surface area contributed by atoms with Gasteiger partial charge < -0.3 is 0 Å². The summed E-state index contributed by atoms with van der Waals surface area (Å²) in [6, 6.07) is 3.12. The third kappa shape index (κ3) is 3.04. The molecule has 0 aliphatic rings. The molecule has 114 valence electrons. The molecule has 0 spiro atoms. The van der Waals surface area contributed by atoms with Crippen molar-refractivity contribution in [1.82, 2.24) is 14.3 Å². The minimum absolute atomic E-state index is 0.191. The number of aromatic nitrogens is 3. The predicted molar refractivity (Wildman–Crippen MR) is 75.1 cm³/mol. The van der Waals surface area contributed by atoms with Crippen LogP contribution in [0.2, 0.25) is 0 Å². The Labute approximate surface area is 127 Å². The lowest BCUT2D eigenvalue weighted by molar-refractivity contribution is -0.144. The van der Waals surface area contributed by atoms with E-state index in [1.165, 1.54) is 0 Å². The van der Waals surface area contributed by atoms with E-state index in [2.05, 4.69) is 21.0 Å². The highest BCUT2D eigenvalue weighted by molar-refractivity contribution is 9.10. The maximum Gasteiger partial charge on any atom is 0.431 e. The minimum Gasteiger partial charge on any atom is -0.298 e. The monoisotopic (exact) mass is 363 g/mol. The zero-order chi connectivity index (χ0) is 15.8. The van der Waals surface area contributed by atoms with Crippen molar-refractivity contribution in [2.45, 2.75) is 33.1 Å². The smallest absolute Gasteiger partial charge is 0.298 e. The Hall–Kier alpha value is -1.57. The van der Waals surface area contributed by atoms with E-state index in [0.29, 0.717) is 27.0 Å². The number of pyridine rings is 1. The van der Waals surface area contributed by atoms with Gasteiger partial charge in [-0.15, -0.1) is 0 Å². The average molecular weight is 364 g/mol. The lowest BCUT2D eigenvalue weighted by atomic mass is 10.3. The van der Waals surface area contributed by atoms with Crippen LogP contribution in [-0.2, 0) is 19.3 Å². The molecule has 0 saturated heterocycles. The summed E-state index contributed by atoms with van der Waals surface area (Å²) in [5.74, 6) is 0. The van der Waals surface area contributed by atoms with Gasteiger partial charge >= 0.3 is 6.18 Å². The second-order valence-corrected chi connectivity index (χ2v) is 5.29. The fraction of sp³-hybridized carbons (Fsp3) is 0.385. The summed E-state index contributed by atoms with van der Waals surface area (Å²) < 4.78 is 42.0. The molecule has 0 atom stereocenters. The van der Waals surface area contributed by atoms with Gasteiger partial charge in [-0.25, -0.2) is 0 Å². The summed E-state index contributed by atoms with van der Waals surface area (Å²) in [4.78, 5) is 11.8. The van der Waals surface area contributed by atoms with E-state index in [4.69, 9.17) is 0 Å². The predicted octanol–water partition coefficient (Wildman–Crippen LogP) is 3.20. The molecule has 0 aliphatic heterocycles. The van der Waals surface area contributed by atoms with Crippen LogP contribution in [0.25, 0.3) is 0 Å². The third-order valence-corrected chi connectivity index (χ3v) is 4.13. The van der Waals surface area contributed by atoms with Crippen LogP contribution in [-0.4, -0.2) is 14.3 Å². The van der Waals surface area contributed by atoms with Crippen molar-refractivity contribution >= 4 is 15.9 Å². The molecule has 4 nitrogen and oxygen atoms in total. The van der Waals surface area contributed by atoms with Gasteiger partial charge in [0.2, 0.25) is 0 Å². The van der Waals surface area contributed by atoms with Gasteiger partial charge in [0.1, 0.15) is 5.69 Å². The fourth-order valence-corrected chi connectivity index (χ4v) is 2.51.